The van der Waals surface area contributed by atoms with Gasteiger partial charge in [-0.1, -0.05) is 65.0 Å². The summed E-state index contributed by atoms with van der Waals surface area (Å²) in [5.41, 5.74) is 7.48. The highest BCUT2D eigenvalue weighted by atomic mass is 16.5. The van der Waals surface area contributed by atoms with Crippen LogP contribution in [-0.2, 0) is 19.1 Å². The van der Waals surface area contributed by atoms with Crippen molar-refractivity contribution in [3.63, 3.8) is 0 Å². The van der Waals surface area contributed by atoms with Crippen LogP contribution in [0.1, 0.15) is 77.5 Å². The standard InChI is InChI=1S/C43H52N8O6/c1-24(2)37(47-42(54)56-6)40(52)50-18-8-9-34(50)33-23-49-22-30(15-17-36(49)44-33)28-12-10-27(11-13-28)29-14-16-31-32(20-29)46-39(45-31)35-19-26(5)21-51(35)41(53)38(25(3)4)48-43(55)57-7/h10-17,20,22-26,34-35,37-38H,8-9,18-19,21H2,1-7H3,(H,45,46)(H,47,54)(H,48,55)/t26-,34-,35-,37-,38-/m0/s1. The number of hydrogen-bond acceptors (Lipinski definition) is 8. The third-order valence-corrected chi connectivity index (χ3v) is 11.3. The van der Waals surface area contributed by atoms with Gasteiger partial charge in [-0.05, 0) is 83.5 Å². The first-order valence-corrected chi connectivity index (χ1v) is 19.7. The fourth-order valence-electron chi connectivity index (χ4n) is 8.21. The summed E-state index contributed by atoms with van der Waals surface area (Å²) >= 11 is 0. The van der Waals surface area contributed by atoms with E-state index in [0.29, 0.717) is 13.1 Å². The molecule has 14 heteroatoms. The SMILES string of the molecule is COC(=O)N[C@H](C(=O)N1CCC[C@H]1c1cn2cc(-c3ccc(-c4ccc5nc([C@@H]6C[C@H](C)CN6C(=O)[C@@H](NC(=O)OC)C(C)C)[nH]c5c4)cc3)ccc2n1)C(C)C. The molecule has 4 amide bonds. The zero-order valence-corrected chi connectivity index (χ0v) is 33.6. The van der Waals surface area contributed by atoms with Crippen LogP contribution in [0.5, 0.6) is 0 Å². The first-order chi connectivity index (χ1) is 27.3. The van der Waals surface area contributed by atoms with E-state index in [1.165, 1.54) is 14.2 Å². The van der Waals surface area contributed by atoms with Crippen LogP contribution in [0.4, 0.5) is 9.59 Å². The van der Waals surface area contributed by atoms with E-state index >= 15 is 0 Å². The number of nitrogens with zero attached hydrogens (tertiary/aromatic N) is 5. The number of ether oxygens (including phenoxy) is 2. The topological polar surface area (TPSA) is 163 Å². The molecule has 5 heterocycles. The van der Waals surface area contributed by atoms with Crippen molar-refractivity contribution in [2.75, 3.05) is 27.3 Å². The predicted molar refractivity (Wildman–Crippen MR) is 216 cm³/mol. The van der Waals surface area contributed by atoms with Crippen LogP contribution in [-0.4, -0.2) is 92.5 Å². The zero-order chi connectivity index (χ0) is 40.5. The van der Waals surface area contributed by atoms with Gasteiger partial charge in [0, 0.05) is 25.5 Å². The second-order valence-corrected chi connectivity index (χ2v) is 16.0. The lowest BCUT2D eigenvalue weighted by Gasteiger charge is -2.30. The number of alkyl carbamates (subject to hydrolysis) is 2. The van der Waals surface area contributed by atoms with Gasteiger partial charge in [-0.2, -0.15) is 0 Å². The van der Waals surface area contributed by atoms with E-state index in [2.05, 4.69) is 71.2 Å². The molecule has 2 aliphatic rings. The predicted octanol–water partition coefficient (Wildman–Crippen LogP) is 6.88. The number of carbonyl (C=O) groups is 4. The fraction of sp³-hybridized carbons (Fsp3) is 0.442. The molecule has 300 valence electrons. The Bertz CT molecular complexity index is 2280. The maximum Gasteiger partial charge on any atom is 0.407 e. The average Bonchev–Trinajstić information content (AvgIpc) is 4.02. The van der Waals surface area contributed by atoms with Crippen molar-refractivity contribution in [2.24, 2.45) is 17.8 Å². The summed E-state index contributed by atoms with van der Waals surface area (Å²) in [7, 11) is 2.59. The Morgan fingerprint density at radius 3 is 1.98 bits per heavy atom. The second kappa shape index (κ2) is 16.3. The minimum absolute atomic E-state index is 0.104. The molecule has 5 atom stereocenters. The fourth-order valence-corrected chi connectivity index (χ4v) is 8.21. The van der Waals surface area contributed by atoms with E-state index in [1.54, 1.807) is 0 Å². The number of imidazole rings is 2. The number of carbonyl (C=O) groups excluding carboxylic acids is 4. The normalized spacial score (nSPS) is 19.4. The quantitative estimate of drug-likeness (QED) is 0.138. The van der Waals surface area contributed by atoms with Gasteiger partial charge in [0.2, 0.25) is 11.8 Å². The van der Waals surface area contributed by atoms with E-state index < -0.39 is 24.3 Å². The van der Waals surface area contributed by atoms with Crippen LogP contribution in [0, 0.1) is 17.8 Å². The first kappa shape index (κ1) is 39.3. The van der Waals surface area contributed by atoms with E-state index in [0.717, 1.165) is 69.7 Å². The van der Waals surface area contributed by atoms with Gasteiger partial charge >= 0.3 is 12.2 Å². The molecule has 0 bridgehead atoms. The van der Waals surface area contributed by atoms with Gasteiger partial charge in [-0.3, -0.25) is 9.59 Å². The third kappa shape index (κ3) is 8.03. The molecule has 0 spiro atoms. The lowest BCUT2D eigenvalue weighted by atomic mass is 10.0. The lowest BCUT2D eigenvalue weighted by molar-refractivity contribution is -0.136. The monoisotopic (exact) mass is 776 g/mol. The molecule has 2 aromatic carbocycles. The summed E-state index contributed by atoms with van der Waals surface area (Å²) in [5.74, 6) is 0.518. The molecule has 0 saturated carbocycles. The number of likely N-dealkylation sites (tertiary alicyclic amines) is 2. The highest BCUT2D eigenvalue weighted by molar-refractivity contribution is 5.88. The molecule has 0 unspecified atom stereocenters. The van der Waals surface area contributed by atoms with Gasteiger partial charge in [0.15, 0.2) is 0 Å². The molecule has 3 aromatic heterocycles. The third-order valence-electron chi connectivity index (χ3n) is 11.3. The minimum atomic E-state index is -0.703. The van der Waals surface area contributed by atoms with E-state index in [4.69, 9.17) is 19.4 Å². The maximum absolute atomic E-state index is 13.8. The number of rotatable bonds is 10. The summed E-state index contributed by atoms with van der Waals surface area (Å²) in [6.45, 7) is 10.9. The lowest BCUT2D eigenvalue weighted by Crippen LogP contribution is -2.51. The average molecular weight is 777 g/mol. The number of H-pyrrole nitrogens is 1. The molecular weight excluding hydrogens is 725 g/mol. The largest absolute Gasteiger partial charge is 0.453 e. The molecule has 57 heavy (non-hydrogen) atoms. The van der Waals surface area contributed by atoms with Crippen molar-refractivity contribution >= 4 is 40.7 Å². The van der Waals surface area contributed by atoms with Crippen molar-refractivity contribution in [3.8, 4) is 22.3 Å². The number of benzene rings is 2. The van der Waals surface area contributed by atoms with Gasteiger partial charge in [0.1, 0.15) is 23.6 Å². The Hall–Kier alpha value is -5.92. The smallest absolute Gasteiger partial charge is 0.407 e. The number of amides is 4. The van der Waals surface area contributed by atoms with Crippen molar-refractivity contribution in [1.29, 1.82) is 0 Å². The first-order valence-electron chi connectivity index (χ1n) is 19.7. The number of hydrogen-bond donors (Lipinski definition) is 3. The van der Waals surface area contributed by atoms with Crippen LogP contribution < -0.4 is 10.6 Å². The zero-order valence-electron chi connectivity index (χ0n) is 33.6. The molecule has 7 rings (SSSR count). The molecule has 5 aromatic rings. The van der Waals surface area contributed by atoms with Crippen molar-refractivity contribution < 1.29 is 28.7 Å². The van der Waals surface area contributed by atoms with E-state index in [9.17, 15) is 19.2 Å². The van der Waals surface area contributed by atoms with Crippen LogP contribution in [0.25, 0.3) is 38.9 Å². The Morgan fingerprint density at radius 1 is 0.754 bits per heavy atom. The Morgan fingerprint density at radius 2 is 1.35 bits per heavy atom. The maximum atomic E-state index is 13.8. The van der Waals surface area contributed by atoms with E-state index in [1.807, 2.05) is 60.2 Å². The molecule has 2 fully saturated rings. The molecular formula is C43H52N8O6. The second-order valence-electron chi connectivity index (χ2n) is 16.0. The number of aromatic amines is 1. The number of fused-ring (bicyclic) bond motifs is 2. The number of pyridine rings is 1. The highest BCUT2D eigenvalue weighted by Gasteiger charge is 2.40. The summed E-state index contributed by atoms with van der Waals surface area (Å²) in [5, 5.41) is 5.43. The van der Waals surface area contributed by atoms with Crippen molar-refractivity contribution in [3.05, 3.63) is 78.5 Å². The van der Waals surface area contributed by atoms with Crippen molar-refractivity contribution in [1.82, 2.24) is 39.8 Å². The Labute approximate surface area is 332 Å². The Balaban J connectivity index is 1.07. The van der Waals surface area contributed by atoms with Crippen LogP contribution >= 0.6 is 0 Å². The number of aromatic nitrogens is 4. The molecule has 0 aliphatic carbocycles. The minimum Gasteiger partial charge on any atom is -0.453 e. The van der Waals surface area contributed by atoms with Gasteiger partial charge < -0.3 is 39.3 Å². The van der Waals surface area contributed by atoms with Crippen molar-refractivity contribution in [2.45, 2.75) is 78.0 Å². The van der Waals surface area contributed by atoms with E-state index in [-0.39, 0.29) is 41.7 Å². The van der Waals surface area contributed by atoms with Gasteiger partial charge in [-0.25, -0.2) is 19.6 Å². The summed E-state index contributed by atoms with van der Waals surface area (Å²) in [6, 6.07) is 16.8. The van der Waals surface area contributed by atoms with Gasteiger partial charge in [0.25, 0.3) is 0 Å². The molecule has 14 nitrogen and oxygen atoms in total. The summed E-state index contributed by atoms with van der Waals surface area (Å²) < 4.78 is 11.6. The van der Waals surface area contributed by atoms with Crippen LogP contribution in [0.3, 0.4) is 0 Å². The molecule has 3 N–H and O–H groups in total. The summed E-state index contributed by atoms with van der Waals surface area (Å²) in [4.78, 5) is 68.4. The number of methoxy groups -OCH3 is 2. The van der Waals surface area contributed by atoms with Crippen LogP contribution in [0.2, 0.25) is 0 Å². The molecule has 2 aliphatic heterocycles. The molecule has 0 radical (unpaired) electrons. The highest BCUT2D eigenvalue weighted by Crippen LogP contribution is 2.37. The molecule has 2 saturated heterocycles. The van der Waals surface area contributed by atoms with Crippen LogP contribution in [0.15, 0.2) is 67.0 Å². The van der Waals surface area contributed by atoms with Gasteiger partial charge in [0.05, 0.1) is 43.0 Å². The van der Waals surface area contributed by atoms with Gasteiger partial charge in [-0.15, -0.1) is 0 Å². The summed E-state index contributed by atoms with van der Waals surface area (Å²) in [6.07, 6.45) is 5.23. The number of nitrogens with one attached hydrogen (secondary N) is 3. The Kier molecular flexibility index (Phi) is 11.2.